The Labute approximate surface area is 128 Å². The van der Waals surface area contributed by atoms with Gasteiger partial charge in [-0.05, 0) is 48.5 Å². The number of hydrogen-bond donors (Lipinski definition) is 1. The second-order valence-electron chi connectivity index (χ2n) is 4.31. The van der Waals surface area contributed by atoms with Gasteiger partial charge in [-0.25, -0.2) is 13.2 Å². The van der Waals surface area contributed by atoms with Crippen molar-refractivity contribution < 1.29 is 17.9 Å². The van der Waals surface area contributed by atoms with Crippen molar-refractivity contribution in [2.24, 2.45) is 0 Å². The molecule has 22 heavy (non-hydrogen) atoms. The van der Waals surface area contributed by atoms with E-state index in [2.05, 4.69) is 9.46 Å². The fraction of sp³-hybridized carbons (Fsp3) is 0.0667. The van der Waals surface area contributed by atoms with Gasteiger partial charge in [0.2, 0.25) is 0 Å². The van der Waals surface area contributed by atoms with Crippen LogP contribution >= 0.6 is 0 Å². The lowest BCUT2D eigenvalue weighted by Gasteiger charge is -2.08. The van der Waals surface area contributed by atoms with Crippen LogP contribution < -0.4 is 4.72 Å². The number of carbonyl (C=O) groups is 1. The van der Waals surface area contributed by atoms with Gasteiger partial charge in [0.05, 0.1) is 29.2 Å². The van der Waals surface area contributed by atoms with Gasteiger partial charge in [-0.1, -0.05) is 0 Å². The van der Waals surface area contributed by atoms with E-state index in [1.807, 2.05) is 6.07 Å². The molecule has 0 bridgehead atoms. The number of nitriles is 1. The summed E-state index contributed by atoms with van der Waals surface area (Å²) < 4.78 is 31.3. The fourth-order valence-electron chi connectivity index (χ4n) is 1.71. The molecule has 0 spiro atoms. The molecule has 0 aliphatic rings. The Kier molecular flexibility index (Phi) is 4.44. The molecule has 0 saturated carbocycles. The number of benzene rings is 2. The van der Waals surface area contributed by atoms with Gasteiger partial charge in [0.1, 0.15) is 0 Å². The van der Waals surface area contributed by atoms with Gasteiger partial charge in [-0.3, -0.25) is 4.72 Å². The zero-order chi connectivity index (χ0) is 16.2. The summed E-state index contributed by atoms with van der Waals surface area (Å²) >= 11 is 0. The molecular weight excluding hydrogens is 304 g/mol. The van der Waals surface area contributed by atoms with E-state index in [1.165, 1.54) is 55.6 Å². The minimum absolute atomic E-state index is 0.0449. The standard InChI is InChI=1S/C15H12N2O4S/c1-21-15(18)12-4-6-13(7-5-12)17-22(19,20)14-8-2-11(10-16)3-9-14/h2-9,17H,1H3. The number of nitrogens with zero attached hydrogens (tertiary/aromatic N) is 1. The molecule has 6 nitrogen and oxygen atoms in total. The first kappa shape index (κ1) is 15.5. The SMILES string of the molecule is COC(=O)c1ccc(NS(=O)(=O)c2ccc(C#N)cc2)cc1. The molecule has 2 aromatic rings. The first-order valence-corrected chi connectivity index (χ1v) is 7.66. The Hall–Kier alpha value is -2.85. The van der Waals surface area contributed by atoms with Crippen LogP contribution in [0.4, 0.5) is 5.69 Å². The average Bonchev–Trinajstić information content (AvgIpc) is 2.54. The summed E-state index contributed by atoms with van der Waals surface area (Å²) in [6.45, 7) is 0. The van der Waals surface area contributed by atoms with Crippen LogP contribution in [-0.4, -0.2) is 21.5 Å². The third kappa shape index (κ3) is 3.42. The molecule has 0 saturated heterocycles. The third-order valence-electron chi connectivity index (χ3n) is 2.85. The van der Waals surface area contributed by atoms with Gasteiger partial charge >= 0.3 is 5.97 Å². The minimum atomic E-state index is -3.75. The summed E-state index contributed by atoms with van der Waals surface area (Å²) in [6, 6.07) is 13.3. The largest absolute Gasteiger partial charge is 0.465 e. The molecule has 0 aliphatic heterocycles. The number of anilines is 1. The zero-order valence-corrected chi connectivity index (χ0v) is 12.4. The van der Waals surface area contributed by atoms with Crippen molar-refractivity contribution in [3.63, 3.8) is 0 Å². The zero-order valence-electron chi connectivity index (χ0n) is 11.6. The lowest BCUT2D eigenvalue weighted by molar-refractivity contribution is 0.0601. The maximum atomic E-state index is 12.2. The van der Waals surface area contributed by atoms with E-state index >= 15 is 0 Å². The van der Waals surface area contributed by atoms with E-state index in [-0.39, 0.29) is 4.90 Å². The van der Waals surface area contributed by atoms with E-state index in [9.17, 15) is 13.2 Å². The molecule has 1 N–H and O–H groups in total. The molecule has 112 valence electrons. The summed E-state index contributed by atoms with van der Waals surface area (Å²) in [5, 5.41) is 8.70. The molecule has 0 fully saturated rings. The van der Waals surface area contributed by atoms with Crippen molar-refractivity contribution in [3.05, 3.63) is 59.7 Å². The smallest absolute Gasteiger partial charge is 0.337 e. The fourth-order valence-corrected chi connectivity index (χ4v) is 2.77. The number of methoxy groups -OCH3 is 1. The summed E-state index contributed by atoms with van der Waals surface area (Å²) in [5.41, 5.74) is 1.02. The molecule has 0 radical (unpaired) electrons. The van der Waals surface area contributed by atoms with Crippen molar-refractivity contribution in [1.82, 2.24) is 0 Å². The Morgan fingerprint density at radius 1 is 1.09 bits per heavy atom. The van der Waals surface area contributed by atoms with Gasteiger partial charge < -0.3 is 4.74 Å². The van der Waals surface area contributed by atoms with Crippen molar-refractivity contribution >= 4 is 21.7 Å². The number of rotatable bonds is 4. The van der Waals surface area contributed by atoms with Crippen molar-refractivity contribution in [1.29, 1.82) is 5.26 Å². The maximum Gasteiger partial charge on any atom is 0.337 e. The molecule has 2 rings (SSSR count). The number of sulfonamides is 1. The topological polar surface area (TPSA) is 96.3 Å². The van der Waals surface area contributed by atoms with Gasteiger partial charge in [0.15, 0.2) is 0 Å². The van der Waals surface area contributed by atoms with Crippen LogP contribution in [0, 0.1) is 11.3 Å². The molecule has 7 heteroatoms. The predicted octanol–water partition coefficient (Wildman–Crippen LogP) is 2.15. The summed E-state index contributed by atoms with van der Waals surface area (Å²) in [4.78, 5) is 11.3. The predicted molar refractivity (Wildman–Crippen MR) is 79.7 cm³/mol. The van der Waals surface area contributed by atoms with Crippen LogP contribution in [0.15, 0.2) is 53.4 Å². The Morgan fingerprint density at radius 2 is 1.68 bits per heavy atom. The molecule has 0 amide bonds. The van der Waals surface area contributed by atoms with E-state index in [0.717, 1.165) is 0 Å². The number of ether oxygens (including phenoxy) is 1. The lowest BCUT2D eigenvalue weighted by Crippen LogP contribution is -2.13. The van der Waals surface area contributed by atoms with E-state index in [4.69, 9.17) is 5.26 Å². The monoisotopic (exact) mass is 316 g/mol. The Bertz CT molecular complexity index is 819. The van der Waals surface area contributed by atoms with Gasteiger partial charge in [0.25, 0.3) is 10.0 Å². The number of nitrogens with one attached hydrogen (secondary N) is 1. The average molecular weight is 316 g/mol. The van der Waals surface area contributed by atoms with E-state index in [0.29, 0.717) is 16.8 Å². The van der Waals surface area contributed by atoms with E-state index in [1.54, 1.807) is 0 Å². The van der Waals surface area contributed by atoms with Crippen LogP contribution in [-0.2, 0) is 14.8 Å². The highest BCUT2D eigenvalue weighted by molar-refractivity contribution is 7.92. The maximum absolute atomic E-state index is 12.2. The highest BCUT2D eigenvalue weighted by atomic mass is 32.2. The summed E-state index contributed by atoms with van der Waals surface area (Å²) in [6.07, 6.45) is 0. The quantitative estimate of drug-likeness (QED) is 0.872. The van der Waals surface area contributed by atoms with Crippen molar-refractivity contribution in [2.45, 2.75) is 4.90 Å². The minimum Gasteiger partial charge on any atom is -0.465 e. The first-order valence-electron chi connectivity index (χ1n) is 6.17. The van der Waals surface area contributed by atoms with Crippen LogP contribution in [0.1, 0.15) is 15.9 Å². The molecule has 2 aromatic carbocycles. The molecule has 0 aromatic heterocycles. The van der Waals surface area contributed by atoms with Crippen LogP contribution in [0.2, 0.25) is 0 Å². The first-order chi connectivity index (χ1) is 10.5. The number of esters is 1. The van der Waals surface area contributed by atoms with Gasteiger partial charge in [0, 0.05) is 5.69 Å². The van der Waals surface area contributed by atoms with Crippen LogP contribution in [0.3, 0.4) is 0 Å². The number of carbonyl (C=O) groups excluding carboxylic acids is 1. The normalized spacial score (nSPS) is 10.5. The molecule has 0 aliphatic carbocycles. The van der Waals surface area contributed by atoms with Gasteiger partial charge in [-0.2, -0.15) is 5.26 Å². The second-order valence-corrected chi connectivity index (χ2v) is 5.99. The molecule has 0 heterocycles. The van der Waals surface area contributed by atoms with Crippen LogP contribution in [0.5, 0.6) is 0 Å². The lowest BCUT2D eigenvalue weighted by atomic mass is 10.2. The molecule has 0 atom stereocenters. The highest BCUT2D eigenvalue weighted by Gasteiger charge is 2.14. The summed E-state index contributed by atoms with van der Waals surface area (Å²) in [7, 11) is -2.48. The van der Waals surface area contributed by atoms with E-state index < -0.39 is 16.0 Å². The van der Waals surface area contributed by atoms with Crippen molar-refractivity contribution in [3.8, 4) is 6.07 Å². The van der Waals surface area contributed by atoms with Gasteiger partial charge in [-0.15, -0.1) is 0 Å². The number of hydrogen-bond acceptors (Lipinski definition) is 5. The second kappa shape index (κ2) is 6.28. The Morgan fingerprint density at radius 3 is 2.18 bits per heavy atom. The summed E-state index contributed by atoms with van der Waals surface area (Å²) in [5.74, 6) is -0.499. The Balaban J connectivity index is 2.21. The van der Waals surface area contributed by atoms with Crippen LogP contribution in [0.25, 0.3) is 0 Å². The molecular formula is C15H12N2O4S. The molecule has 0 unspecified atom stereocenters. The third-order valence-corrected chi connectivity index (χ3v) is 4.25. The highest BCUT2D eigenvalue weighted by Crippen LogP contribution is 2.17. The van der Waals surface area contributed by atoms with Crippen molar-refractivity contribution in [2.75, 3.05) is 11.8 Å².